The van der Waals surface area contributed by atoms with Gasteiger partial charge in [0.15, 0.2) is 0 Å². The maximum Gasteiger partial charge on any atom is 0.107 e. The lowest BCUT2D eigenvalue weighted by atomic mass is 9.98. The van der Waals surface area contributed by atoms with E-state index < -0.39 is 0 Å². The van der Waals surface area contributed by atoms with Crippen LogP contribution < -0.4 is 10.6 Å². The molecule has 0 spiro atoms. The van der Waals surface area contributed by atoms with Gasteiger partial charge in [-0.25, -0.2) is 0 Å². The Morgan fingerprint density at radius 1 is 1.10 bits per heavy atom. The highest BCUT2D eigenvalue weighted by Crippen LogP contribution is 2.31. The second-order valence-corrected chi connectivity index (χ2v) is 6.23. The molecule has 4 heteroatoms. The number of benzene rings is 2. The molecule has 0 bridgehead atoms. The van der Waals surface area contributed by atoms with Crippen LogP contribution in [0.3, 0.4) is 0 Å². The number of fused-ring (bicyclic) bond motifs is 1. The molecule has 0 unspecified atom stereocenters. The lowest BCUT2D eigenvalue weighted by molar-refractivity contribution is 0.731. The van der Waals surface area contributed by atoms with E-state index >= 15 is 0 Å². The lowest BCUT2D eigenvalue weighted by Gasteiger charge is -2.32. The molecule has 0 saturated carbocycles. The van der Waals surface area contributed by atoms with Gasteiger partial charge in [-0.1, -0.05) is 42.5 Å². The minimum absolute atomic E-state index is 0.436. The molecule has 0 aromatic heterocycles. The fourth-order valence-electron chi connectivity index (χ4n) is 2.72. The topological polar surface area (TPSA) is 29.3 Å². The van der Waals surface area contributed by atoms with E-state index in [2.05, 4.69) is 51.2 Å². The summed E-state index contributed by atoms with van der Waals surface area (Å²) in [5, 5.41) is 0. The van der Waals surface area contributed by atoms with E-state index in [0.717, 1.165) is 35.2 Å². The monoisotopic (exact) mass is 346 g/mol. The molecule has 102 valence electrons. The van der Waals surface area contributed by atoms with Gasteiger partial charge in [-0.2, -0.15) is 0 Å². The lowest BCUT2D eigenvalue weighted by Crippen LogP contribution is -2.32. The molecule has 0 aliphatic carbocycles. The molecule has 1 aliphatic rings. The Labute approximate surface area is 132 Å². The second kappa shape index (κ2) is 5.54. The third-order valence-electron chi connectivity index (χ3n) is 3.71. The fraction of sp³-hybridized carbons (Fsp3) is 0.188. The highest BCUT2D eigenvalue weighted by atomic mass is 79.9. The summed E-state index contributed by atoms with van der Waals surface area (Å²) in [5.74, 6) is 0. The van der Waals surface area contributed by atoms with Gasteiger partial charge < -0.3 is 10.6 Å². The Morgan fingerprint density at radius 3 is 2.60 bits per heavy atom. The van der Waals surface area contributed by atoms with E-state index in [1.807, 2.05) is 12.1 Å². The molecule has 2 aromatic carbocycles. The van der Waals surface area contributed by atoms with Gasteiger partial charge in [0.25, 0.3) is 0 Å². The van der Waals surface area contributed by atoms with Crippen molar-refractivity contribution in [3.05, 3.63) is 63.6 Å². The normalized spacial score (nSPS) is 13.9. The molecule has 20 heavy (non-hydrogen) atoms. The Bertz CT molecular complexity index is 669. The molecule has 3 rings (SSSR count). The molecule has 1 aliphatic heterocycles. The van der Waals surface area contributed by atoms with Gasteiger partial charge >= 0.3 is 0 Å². The van der Waals surface area contributed by atoms with Crippen molar-refractivity contribution in [2.24, 2.45) is 5.73 Å². The van der Waals surface area contributed by atoms with E-state index in [1.54, 1.807) is 0 Å². The van der Waals surface area contributed by atoms with Crippen molar-refractivity contribution >= 4 is 38.8 Å². The zero-order valence-corrected chi connectivity index (χ0v) is 13.4. The highest BCUT2D eigenvalue weighted by Gasteiger charge is 2.20. The molecule has 0 amide bonds. The Balaban J connectivity index is 2.00. The van der Waals surface area contributed by atoms with Crippen LogP contribution in [0.15, 0.2) is 46.9 Å². The van der Waals surface area contributed by atoms with Gasteiger partial charge in [-0.15, -0.1) is 0 Å². The first-order valence-electron chi connectivity index (χ1n) is 6.57. The Morgan fingerprint density at radius 2 is 1.85 bits per heavy atom. The maximum atomic E-state index is 5.89. The summed E-state index contributed by atoms with van der Waals surface area (Å²) in [7, 11) is 0. The zero-order chi connectivity index (χ0) is 14.1. The number of anilines is 1. The third kappa shape index (κ3) is 2.45. The van der Waals surface area contributed by atoms with E-state index in [0.29, 0.717) is 4.99 Å². The third-order valence-corrected chi connectivity index (χ3v) is 4.57. The average Bonchev–Trinajstić information content (AvgIpc) is 2.46. The van der Waals surface area contributed by atoms with Crippen molar-refractivity contribution in [3.8, 4) is 0 Å². The predicted molar refractivity (Wildman–Crippen MR) is 91.2 cm³/mol. The van der Waals surface area contributed by atoms with Crippen molar-refractivity contribution in [1.29, 1.82) is 0 Å². The summed E-state index contributed by atoms with van der Waals surface area (Å²) < 4.78 is 0.960. The van der Waals surface area contributed by atoms with Crippen LogP contribution in [0, 0.1) is 0 Å². The van der Waals surface area contributed by atoms with Crippen molar-refractivity contribution < 1.29 is 0 Å². The summed E-state index contributed by atoms with van der Waals surface area (Å²) in [5.41, 5.74) is 10.8. The van der Waals surface area contributed by atoms with E-state index in [1.165, 1.54) is 11.1 Å². The van der Waals surface area contributed by atoms with Gasteiger partial charge in [-0.3, -0.25) is 0 Å². The van der Waals surface area contributed by atoms with Gasteiger partial charge in [0.1, 0.15) is 4.99 Å². The van der Waals surface area contributed by atoms with Crippen molar-refractivity contribution in [3.63, 3.8) is 0 Å². The number of rotatable bonds is 2. The summed E-state index contributed by atoms with van der Waals surface area (Å²) in [6.07, 6.45) is 1.06. The van der Waals surface area contributed by atoms with E-state index in [-0.39, 0.29) is 0 Å². The first-order chi connectivity index (χ1) is 9.66. The number of nitrogens with two attached hydrogens (primary N) is 1. The quantitative estimate of drug-likeness (QED) is 0.841. The van der Waals surface area contributed by atoms with Crippen LogP contribution in [-0.2, 0) is 13.0 Å². The van der Waals surface area contributed by atoms with Crippen molar-refractivity contribution in [2.75, 3.05) is 11.4 Å². The van der Waals surface area contributed by atoms with E-state index in [9.17, 15) is 0 Å². The standard InChI is InChI=1S/C16H15BrN2S/c17-13-6-3-7-14(15(13)16(18)20)19-9-8-11-4-1-2-5-12(11)10-19/h1-7H,8-10H2,(H2,18,20). The number of halogens is 1. The summed E-state index contributed by atoms with van der Waals surface area (Å²) in [4.78, 5) is 2.79. The van der Waals surface area contributed by atoms with Gasteiger partial charge in [0.2, 0.25) is 0 Å². The molecule has 2 nitrogen and oxygen atoms in total. The number of thiocarbonyl (C=S) groups is 1. The molecule has 0 radical (unpaired) electrons. The fourth-order valence-corrected chi connectivity index (χ4v) is 3.64. The molecule has 2 N–H and O–H groups in total. The minimum atomic E-state index is 0.436. The van der Waals surface area contributed by atoms with Crippen LogP contribution >= 0.6 is 28.1 Å². The highest BCUT2D eigenvalue weighted by molar-refractivity contribution is 9.10. The summed E-state index contributed by atoms with van der Waals surface area (Å²) in [6.45, 7) is 1.89. The van der Waals surface area contributed by atoms with Crippen LogP contribution in [-0.4, -0.2) is 11.5 Å². The summed E-state index contributed by atoms with van der Waals surface area (Å²) in [6, 6.07) is 14.7. The van der Waals surface area contributed by atoms with Crippen LogP contribution in [0.25, 0.3) is 0 Å². The SMILES string of the molecule is NC(=S)c1c(Br)cccc1N1CCc2ccccc2C1. The number of nitrogens with zero attached hydrogens (tertiary/aromatic N) is 1. The molecule has 0 fully saturated rings. The number of hydrogen-bond acceptors (Lipinski definition) is 2. The summed E-state index contributed by atoms with van der Waals surface area (Å²) >= 11 is 8.76. The zero-order valence-electron chi connectivity index (χ0n) is 11.0. The van der Waals surface area contributed by atoms with Crippen molar-refractivity contribution in [2.45, 2.75) is 13.0 Å². The first-order valence-corrected chi connectivity index (χ1v) is 7.77. The molecule has 0 atom stereocenters. The van der Waals surface area contributed by atoms with Gasteiger partial charge in [0.05, 0.1) is 0 Å². The number of hydrogen-bond donors (Lipinski definition) is 1. The average molecular weight is 347 g/mol. The van der Waals surface area contributed by atoms with Crippen LogP contribution in [0.5, 0.6) is 0 Å². The van der Waals surface area contributed by atoms with Crippen LogP contribution in [0.2, 0.25) is 0 Å². The van der Waals surface area contributed by atoms with Gasteiger partial charge in [0, 0.05) is 28.8 Å². The minimum Gasteiger partial charge on any atom is -0.389 e. The largest absolute Gasteiger partial charge is 0.389 e. The molecule has 1 heterocycles. The maximum absolute atomic E-state index is 5.89. The van der Waals surface area contributed by atoms with Crippen LogP contribution in [0.4, 0.5) is 5.69 Å². The molecule has 0 saturated heterocycles. The smallest absolute Gasteiger partial charge is 0.107 e. The molecular weight excluding hydrogens is 332 g/mol. The second-order valence-electron chi connectivity index (χ2n) is 4.94. The van der Waals surface area contributed by atoms with Gasteiger partial charge in [-0.05, 0) is 45.6 Å². The van der Waals surface area contributed by atoms with E-state index in [4.69, 9.17) is 18.0 Å². The molecular formula is C16H15BrN2S. The predicted octanol–water partition coefficient (Wildman–Crippen LogP) is 3.65. The van der Waals surface area contributed by atoms with Crippen LogP contribution in [0.1, 0.15) is 16.7 Å². The Kier molecular flexibility index (Phi) is 3.76. The Hall–Kier alpha value is -1.39. The molecule has 2 aromatic rings. The van der Waals surface area contributed by atoms with Crippen molar-refractivity contribution in [1.82, 2.24) is 0 Å². The first kappa shape index (κ1) is 13.6.